The van der Waals surface area contributed by atoms with Gasteiger partial charge in [-0.2, -0.15) is 0 Å². The van der Waals surface area contributed by atoms with Crippen LogP contribution in [0.3, 0.4) is 0 Å². The van der Waals surface area contributed by atoms with Crippen molar-refractivity contribution in [2.45, 2.75) is 164 Å². The molecule has 0 aromatic heterocycles. The van der Waals surface area contributed by atoms with Gasteiger partial charge in [-0.15, -0.1) is 0 Å². The van der Waals surface area contributed by atoms with E-state index < -0.39 is 48.1 Å². The molecule has 13 nitrogen and oxygen atoms in total. The normalized spacial score (nSPS) is 14.7. The molecule has 0 radical (unpaired) electrons. The highest BCUT2D eigenvalue weighted by Gasteiger charge is 2.39. The molecule has 61 heavy (non-hydrogen) atoms. The number of hydrogen-bond acceptors (Lipinski definition) is 7. The molecule has 0 aliphatic carbocycles. The van der Waals surface area contributed by atoms with E-state index in [0.717, 1.165) is 5.56 Å². The standard InChI is InChI=1S/C48H85N7O6/c1-30(2)24-37(51-45(58)41(28-34(9)10)54(15)48(61)42(29-35(11)12)55(16)46(59)38(49-13)25-31(3)4)43(56)52-39(26-32(5)6)47(60)53(14)40(27-33(7)8)44(57)50-23-22-36-20-18-17-19-21-36/h17-21,30-35,37-42,49H,22-29H2,1-16H3,(H,50,57)(H,51,58)(H,52,56)/t37-,38-,39-,40-,41-,42-/m0/s1. The molecule has 13 heteroatoms. The molecule has 6 amide bonds. The topological polar surface area (TPSA) is 160 Å². The summed E-state index contributed by atoms with van der Waals surface area (Å²) in [5, 5.41) is 12.1. The largest absolute Gasteiger partial charge is 0.354 e. The van der Waals surface area contributed by atoms with Crippen LogP contribution in [0.4, 0.5) is 0 Å². The van der Waals surface area contributed by atoms with Crippen molar-refractivity contribution in [2.75, 3.05) is 34.7 Å². The average molecular weight is 856 g/mol. The van der Waals surface area contributed by atoms with E-state index in [-0.39, 0.29) is 65.6 Å². The van der Waals surface area contributed by atoms with Crippen LogP contribution >= 0.6 is 0 Å². The van der Waals surface area contributed by atoms with Gasteiger partial charge >= 0.3 is 0 Å². The predicted molar refractivity (Wildman–Crippen MR) is 246 cm³/mol. The third-order valence-corrected chi connectivity index (χ3v) is 11.0. The number of amides is 6. The van der Waals surface area contributed by atoms with Crippen LogP contribution in [0.5, 0.6) is 0 Å². The Morgan fingerprint density at radius 1 is 0.459 bits per heavy atom. The van der Waals surface area contributed by atoms with E-state index >= 15 is 0 Å². The number of carbonyl (C=O) groups excluding carboxylic acids is 6. The molecular weight excluding hydrogens is 771 g/mol. The van der Waals surface area contributed by atoms with Gasteiger partial charge in [-0.25, -0.2) is 0 Å². The molecule has 6 atom stereocenters. The van der Waals surface area contributed by atoms with Crippen LogP contribution in [-0.4, -0.2) is 121 Å². The highest BCUT2D eigenvalue weighted by molar-refractivity contribution is 5.96. The smallest absolute Gasteiger partial charge is 0.245 e. The first-order valence-corrected chi connectivity index (χ1v) is 22.8. The number of nitrogens with one attached hydrogen (secondary N) is 4. The third-order valence-electron chi connectivity index (χ3n) is 11.0. The van der Waals surface area contributed by atoms with Crippen LogP contribution in [0.25, 0.3) is 0 Å². The van der Waals surface area contributed by atoms with Crippen molar-refractivity contribution in [2.24, 2.45) is 35.5 Å². The molecule has 0 saturated heterocycles. The van der Waals surface area contributed by atoms with E-state index in [9.17, 15) is 28.8 Å². The minimum atomic E-state index is -1.01. The Balaban J connectivity index is 3.43. The van der Waals surface area contributed by atoms with Crippen molar-refractivity contribution in [3.63, 3.8) is 0 Å². The van der Waals surface area contributed by atoms with Gasteiger partial charge in [-0.1, -0.05) is 113 Å². The Morgan fingerprint density at radius 2 is 0.836 bits per heavy atom. The minimum Gasteiger partial charge on any atom is -0.354 e. The highest BCUT2D eigenvalue weighted by atomic mass is 16.2. The molecule has 0 aliphatic rings. The summed E-state index contributed by atoms with van der Waals surface area (Å²) in [6, 6.07) is 4.97. The summed E-state index contributed by atoms with van der Waals surface area (Å²) in [5.74, 6) is -1.66. The quantitative estimate of drug-likeness (QED) is 0.0889. The van der Waals surface area contributed by atoms with E-state index in [0.29, 0.717) is 45.1 Å². The summed E-state index contributed by atoms with van der Waals surface area (Å²) in [4.78, 5) is 89.2. The van der Waals surface area contributed by atoms with E-state index in [1.54, 1.807) is 28.2 Å². The molecule has 348 valence electrons. The lowest BCUT2D eigenvalue weighted by Crippen LogP contribution is -2.60. The number of nitrogens with zero attached hydrogens (tertiary/aromatic N) is 3. The molecule has 0 bridgehead atoms. The van der Waals surface area contributed by atoms with Gasteiger partial charge in [0.2, 0.25) is 35.4 Å². The summed E-state index contributed by atoms with van der Waals surface area (Å²) in [7, 11) is 6.61. The van der Waals surface area contributed by atoms with Crippen LogP contribution in [0.2, 0.25) is 0 Å². The number of benzene rings is 1. The molecule has 0 saturated carbocycles. The van der Waals surface area contributed by atoms with Crippen LogP contribution in [0.1, 0.15) is 127 Å². The Bertz CT molecular complexity index is 1510. The maximum atomic E-state index is 14.4. The number of likely N-dealkylation sites (N-methyl/N-ethyl adjacent to an activating group) is 4. The van der Waals surface area contributed by atoms with Gasteiger partial charge in [0.05, 0.1) is 6.04 Å². The third kappa shape index (κ3) is 19.3. The fourth-order valence-corrected chi connectivity index (χ4v) is 7.68. The van der Waals surface area contributed by atoms with Crippen molar-refractivity contribution >= 4 is 35.4 Å². The van der Waals surface area contributed by atoms with Gasteiger partial charge in [0.25, 0.3) is 0 Å². The van der Waals surface area contributed by atoms with E-state index in [1.165, 1.54) is 14.7 Å². The van der Waals surface area contributed by atoms with E-state index in [1.807, 2.05) is 113 Å². The summed E-state index contributed by atoms with van der Waals surface area (Å²) in [6.07, 6.45) is 3.05. The highest BCUT2D eigenvalue weighted by Crippen LogP contribution is 2.21. The summed E-state index contributed by atoms with van der Waals surface area (Å²) < 4.78 is 0. The maximum Gasteiger partial charge on any atom is 0.245 e. The second-order valence-electron chi connectivity index (χ2n) is 19.7. The van der Waals surface area contributed by atoms with Gasteiger partial charge in [0.15, 0.2) is 0 Å². The molecule has 0 unspecified atom stereocenters. The van der Waals surface area contributed by atoms with Crippen molar-refractivity contribution in [3.05, 3.63) is 35.9 Å². The summed E-state index contributed by atoms with van der Waals surface area (Å²) >= 11 is 0. The fourth-order valence-electron chi connectivity index (χ4n) is 7.68. The van der Waals surface area contributed by atoms with E-state index in [2.05, 4.69) is 21.3 Å². The average Bonchev–Trinajstić information content (AvgIpc) is 3.17. The molecule has 1 aromatic rings. The Kier molecular flexibility index (Phi) is 24.5. The van der Waals surface area contributed by atoms with Crippen LogP contribution in [0, 0.1) is 35.5 Å². The first kappa shape index (κ1) is 55.0. The zero-order valence-corrected chi connectivity index (χ0v) is 40.8. The Morgan fingerprint density at radius 3 is 1.31 bits per heavy atom. The predicted octanol–water partition coefficient (Wildman–Crippen LogP) is 5.66. The Hall–Kier alpha value is -4.00. The van der Waals surface area contributed by atoms with Gasteiger partial charge in [0.1, 0.15) is 30.2 Å². The molecule has 0 aliphatic heterocycles. The fraction of sp³-hybridized carbons (Fsp3) is 0.750. The first-order valence-electron chi connectivity index (χ1n) is 22.8. The van der Waals surface area contributed by atoms with Crippen molar-refractivity contribution in [1.29, 1.82) is 0 Å². The number of hydrogen-bond donors (Lipinski definition) is 4. The van der Waals surface area contributed by atoms with Crippen molar-refractivity contribution in [3.8, 4) is 0 Å². The van der Waals surface area contributed by atoms with Crippen molar-refractivity contribution < 1.29 is 28.8 Å². The lowest BCUT2D eigenvalue weighted by atomic mass is 9.96. The lowest BCUT2D eigenvalue weighted by molar-refractivity contribution is -0.149. The van der Waals surface area contributed by atoms with Crippen LogP contribution in [0.15, 0.2) is 30.3 Å². The van der Waals surface area contributed by atoms with Gasteiger partial charge in [-0.3, -0.25) is 28.8 Å². The second-order valence-corrected chi connectivity index (χ2v) is 19.7. The minimum absolute atomic E-state index is 0.00284. The first-order chi connectivity index (χ1) is 28.4. The summed E-state index contributed by atoms with van der Waals surface area (Å²) in [5.41, 5.74) is 1.10. The number of carbonyl (C=O) groups is 6. The molecular formula is C48H85N7O6. The molecule has 0 spiro atoms. The molecule has 1 aromatic carbocycles. The maximum absolute atomic E-state index is 14.4. The molecule has 1 rings (SSSR count). The molecule has 4 N–H and O–H groups in total. The SMILES string of the molecule is CN[C@@H](CC(C)C)C(=O)N(C)[C@@H](CC(C)C)C(=O)N(C)[C@@H](CC(C)C)C(=O)N[C@@H](CC(C)C)C(=O)N[C@@H](CC(C)C)C(=O)N(C)[C@@H](CC(C)C)C(=O)NCCc1ccccc1. The lowest BCUT2D eigenvalue weighted by Gasteiger charge is -2.37. The zero-order chi connectivity index (χ0) is 46.7. The van der Waals surface area contributed by atoms with Crippen LogP contribution < -0.4 is 21.3 Å². The molecule has 0 fully saturated rings. The van der Waals surface area contributed by atoms with Gasteiger partial charge in [-0.05, 0) is 93.1 Å². The van der Waals surface area contributed by atoms with E-state index in [4.69, 9.17) is 0 Å². The zero-order valence-electron chi connectivity index (χ0n) is 40.8. The van der Waals surface area contributed by atoms with Crippen molar-refractivity contribution in [1.82, 2.24) is 36.0 Å². The number of rotatable bonds is 27. The Labute approximate surface area is 369 Å². The monoisotopic (exact) mass is 856 g/mol. The van der Waals surface area contributed by atoms with Gasteiger partial charge in [0, 0.05) is 27.7 Å². The molecule has 0 heterocycles. The second kappa shape index (κ2) is 27.1. The van der Waals surface area contributed by atoms with Crippen LogP contribution in [-0.2, 0) is 35.2 Å². The summed E-state index contributed by atoms with van der Waals surface area (Å²) in [6.45, 7) is 24.3. The van der Waals surface area contributed by atoms with Gasteiger partial charge < -0.3 is 36.0 Å².